The van der Waals surface area contributed by atoms with Gasteiger partial charge in [0.1, 0.15) is 5.70 Å². The van der Waals surface area contributed by atoms with Crippen LogP contribution in [0.2, 0.25) is 0 Å². The molecule has 0 spiro atoms. The third-order valence-electron chi connectivity index (χ3n) is 4.98. The van der Waals surface area contributed by atoms with E-state index in [-0.39, 0.29) is 35.1 Å². The molecule has 0 saturated carbocycles. The lowest BCUT2D eigenvalue weighted by molar-refractivity contribution is -0.131. The summed E-state index contributed by atoms with van der Waals surface area (Å²) >= 11 is 0. The van der Waals surface area contributed by atoms with Crippen LogP contribution in [-0.4, -0.2) is 73.8 Å². The van der Waals surface area contributed by atoms with E-state index in [0.29, 0.717) is 32.6 Å². The first kappa shape index (κ1) is 19.6. The number of hydrogen-bond acceptors (Lipinski definition) is 5. The zero-order chi connectivity index (χ0) is 19.4. The highest BCUT2D eigenvalue weighted by Crippen LogP contribution is 2.20. The largest absolute Gasteiger partial charge is 0.335 e. The molecular weight excluding hydrogens is 366 g/mol. The summed E-state index contributed by atoms with van der Waals surface area (Å²) in [7, 11) is -2.91. The Hall–Kier alpha value is -2.19. The molecule has 2 amide bonds. The quantitative estimate of drug-likeness (QED) is 0.755. The molecule has 7 nitrogen and oxygen atoms in total. The predicted octanol–water partition coefficient (Wildman–Crippen LogP) is 0.495. The Morgan fingerprint density at radius 3 is 2.33 bits per heavy atom. The molecule has 0 aromatic heterocycles. The zero-order valence-electron chi connectivity index (χ0n) is 15.4. The summed E-state index contributed by atoms with van der Waals surface area (Å²) in [5, 5.41) is 2.64. The number of rotatable bonds is 4. The zero-order valence-corrected chi connectivity index (χ0v) is 16.2. The molecular formula is C19H25N3O4S. The number of carbonyl (C=O) groups excluding carboxylic acids is 2. The van der Waals surface area contributed by atoms with Crippen molar-refractivity contribution in [3.63, 3.8) is 0 Å². The normalized spacial score (nSPS) is 23.2. The minimum Gasteiger partial charge on any atom is -0.335 e. The summed E-state index contributed by atoms with van der Waals surface area (Å²) in [6.45, 7) is 3.70. The van der Waals surface area contributed by atoms with Gasteiger partial charge in [-0.25, -0.2) is 8.42 Å². The lowest BCUT2D eigenvalue weighted by Gasteiger charge is -2.37. The van der Waals surface area contributed by atoms with Gasteiger partial charge in [-0.1, -0.05) is 30.3 Å². The number of amides is 2. The van der Waals surface area contributed by atoms with Crippen LogP contribution in [0, 0.1) is 0 Å². The van der Waals surface area contributed by atoms with Crippen molar-refractivity contribution in [2.24, 2.45) is 0 Å². The fraction of sp³-hybridized carbons (Fsp3) is 0.474. The maximum atomic E-state index is 12.9. The van der Waals surface area contributed by atoms with Crippen molar-refractivity contribution < 1.29 is 18.0 Å². The molecule has 2 fully saturated rings. The van der Waals surface area contributed by atoms with E-state index in [2.05, 4.69) is 10.2 Å². The van der Waals surface area contributed by atoms with Gasteiger partial charge in [0.25, 0.3) is 5.91 Å². The van der Waals surface area contributed by atoms with E-state index < -0.39 is 9.84 Å². The van der Waals surface area contributed by atoms with Gasteiger partial charge >= 0.3 is 0 Å². The fourth-order valence-corrected chi connectivity index (χ4v) is 5.34. The molecule has 2 heterocycles. The van der Waals surface area contributed by atoms with Crippen molar-refractivity contribution in [1.82, 2.24) is 15.1 Å². The number of benzene rings is 1. The van der Waals surface area contributed by atoms with Crippen LogP contribution < -0.4 is 5.32 Å². The van der Waals surface area contributed by atoms with Crippen LogP contribution >= 0.6 is 0 Å². The van der Waals surface area contributed by atoms with Crippen molar-refractivity contribution in [3.8, 4) is 0 Å². The molecule has 1 N–H and O–H groups in total. The van der Waals surface area contributed by atoms with E-state index in [1.54, 1.807) is 11.0 Å². The minimum absolute atomic E-state index is 0.0573. The summed E-state index contributed by atoms with van der Waals surface area (Å²) in [4.78, 5) is 28.3. The number of hydrogen-bond donors (Lipinski definition) is 1. The summed E-state index contributed by atoms with van der Waals surface area (Å²) in [5.41, 5.74) is 1.09. The van der Waals surface area contributed by atoms with Crippen LogP contribution in [-0.2, 0) is 19.4 Å². The van der Waals surface area contributed by atoms with E-state index in [9.17, 15) is 18.0 Å². The highest BCUT2D eigenvalue weighted by molar-refractivity contribution is 7.91. The van der Waals surface area contributed by atoms with Crippen LogP contribution in [0.3, 0.4) is 0 Å². The lowest BCUT2D eigenvalue weighted by Crippen LogP contribution is -2.53. The Morgan fingerprint density at radius 1 is 1.11 bits per heavy atom. The lowest BCUT2D eigenvalue weighted by atomic mass is 10.1. The molecule has 8 heteroatoms. The maximum Gasteiger partial charge on any atom is 0.270 e. The molecule has 0 bridgehead atoms. The molecule has 2 saturated heterocycles. The van der Waals surface area contributed by atoms with Crippen LogP contribution in [0.15, 0.2) is 36.0 Å². The Balaban J connectivity index is 1.65. The Labute approximate surface area is 159 Å². The molecule has 2 aliphatic rings. The summed E-state index contributed by atoms with van der Waals surface area (Å²) in [5.74, 6) is -0.0388. The van der Waals surface area contributed by atoms with Gasteiger partial charge in [-0.2, -0.15) is 0 Å². The topological polar surface area (TPSA) is 86.8 Å². The number of sulfone groups is 1. The first-order valence-corrected chi connectivity index (χ1v) is 10.9. The highest BCUT2D eigenvalue weighted by Gasteiger charge is 2.34. The van der Waals surface area contributed by atoms with Gasteiger partial charge < -0.3 is 10.2 Å². The van der Waals surface area contributed by atoms with E-state index in [4.69, 9.17) is 0 Å². The molecule has 0 aliphatic carbocycles. The van der Waals surface area contributed by atoms with Crippen molar-refractivity contribution in [2.75, 3.05) is 37.7 Å². The van der Waals surface area contributed by atoms with Gasteiger partial charge in [-0.3, -0.25) is 14.5 Å². The van der Waals surface area contributed by atoms with E-state index in [1.807, 2.05) is 30.3 Å². The van der Waals surface area contributed by atoms with Crippen LogP contribution in [0.1, 0.15) is 18.9 Å². The Kier molecular flexibility index (Phi) is 5.96. The average molecular weight is 391 g/mol. The molecule has 27 heavy (non-hydrogen) atoms. The summed E-state index contributed by atoms with van der Waals surface area (Å²) in [6.07, 6.45) is 2.35. The van der Waals surface area contributed by atoms with Crippen molar-refractivity contribution in [1.29, 1.82) is 0 Å². The van der Waals surface area contributed by atoms with Gasteiger partial charge in [-0.05, 0) is 18.1 Å². The second-order valence-corrected chi connectivity index (χ2v) is 9.26. The van der Waals surface area contributed by atoms with Gasteiger partial charge in [0, 0.05) is 39.1 Å². The second-order valence-electron chi connectivity index (χ2n) is 7.03. The monoisotopic (exact) mass is 391 g/mol. The minimum atomic E-state index is -2.91. The molecule has 2 aliphatic heterocycles. The molecule has 0 radical (unpaired) electrons. The Morgan fingerprint density at radius 2 is 1.78 bits per heavy atom. The smallest absolute Gasteiger partial charge is 0.270 e. The first-order chi connectivity index (χ1) is 12.8. The number of nitrogens with one attached hydrogen (secondary N) is 1. The van der Waals surface area contributed by atoms with Gasteiger partial charge in [0.05, 0.1) is 11.5 Å². The predicted molar refractivity (Wildman–Crippen MR) is 103 cm³/mol. The van der Waals surface area contributed by atoms with E-state index in [1.165, 1.54) is 6.92 Å². The van der Waals surface area contributed by atoms with E-state index >= 15 is 0 Å². The van der Waals surface area contributed by atoms with Crippen molar-refractivity contribution >= 4 is 27.7 Å². The highest BCUT2D eigenvalue weighted by atomic mass is 32.2. The standard InChI is InChI=1S/C19H25N3O4S/c1-15(23)20-18(13-16-5-3-2-4-6-16)19(24)22-10-8-21(9-11-22)17-7-12-27(25,26)14-17/h2-6,13,17H,7-12,14H2,1H3,(H,20,23)/b18-13-/t17-/m0/s1. The van der Waals surface area contributed by atoms with Crippen LogP contribution in [0.25, 0.3) is 6.08 Å². The molecule has 1 aromatic rings. The summed E-state index contributed by atoms with van der Waals surface area (Å²) < 4.78 is 23.4. The molecule has 0 unspecified atom stereocenters. The molecule has 1 aromatic carbocycles. The summed E-state index contributed by atoms with van der Waals surface area (Å²) in [6, 6.07) is 9.43. The number of carbonyl (C=O) groups is 2. The number of nitrogens with zero attached hydrogens (tertiary/aromatic N) is 2. The van der Waals surface area contributed by atoms with Gasteiger partial charge in [0.2, 0.25) is 5.91 Å². The van der Waals surface area contributed by atoms with Crippen molar-refractivity contribution in [2.45, 2.75) is 19.4 Å². The van der Waals surface area contributed by atoms with Gasteiger partial charge in [0.15, 0.2) is 9.84 Å². The van der Waals surface area contributed by atoms with Crippen molar-refractivity contribution in [3.05, 3.63) is 41.6 Å². The first-order valence-electron chi connectivity index (χ1n) is 9.12. The molecule has 1 atom stereocenters. The van der Waals surface area contributed by atoms with Gasteiger partial charge in [-0.15, -0.1) is 0 Å². The number of piperazine rings is 1. The third kappa shape index (κ3) is 5.17. The fourth-order valence-electron chi connectivity index (χ4n) is 3.58. The third-order valence-corrected chi connectivity index (χ3v) is 6.73. The Bertz CT molecular complexity index is 828. The maximum absolute atomic E-state index is 12.9. The second kappa shape index (κ2) is 8.22. The molecule has 3 rings (SSSR count). The van der Waals surface area contributed by atoms with E-state index in [0.717, 1.165) is 5.56 Å². The SMILES string of the molecule is CC(=O)N/C(=C\c1ccccc1)C(=O)N1CCN([C@H]2CCS(=O)(=O)C2)CC1. The van der Waals surface area contributed by atoms with Crippen LogP contribution in [0.5, 0.6) is 0 Å². The van der Waals surface area contributed by atoms with Crippen LogP contribution in [0.4, 0.5) is 0 Å². The average Bonchev–Trinajstić information content (AvgIpc) is 3.01. The molecule has 146 valence electrons.